The van der Waals surface area contributed by atoms with Gasteiger partial charge in [0.15, 0.2) is 0 Å². The summed E-state index contributed by atoms with van der Waals surface area (Å²) in [5, 5.41) is 0. The summed E-state index contributed by atoms with van der Waals surface area (Å²) >= 11 is 0. The highest BCUT2D eigenvalue weighted by molar-refractivity contribution is 7.93. The number of rotatable bonds is 4. The van der Waals surface area contributed by atoms with Crippen LogP contribution in [0.5, 0.6) is 11.5 Å². The fraction of sp³-hybridized carbons (Fsp3) is 0.333. The lowest BCUT2D eigenvalue weighted by Gasteiger charge is -2.25. The van der Waals surface area contributed by atoms with Crippen molar-refractivity contribution in [1.82, 2.24) is 0 Å². The first-order valence-electron chi connectivity index (χ1n) is 7.75. The molecule has 1 unspecified atom stereocenters. The zero-order valence-electron chi connectivity index (χ0n) is 14.2. The Kier molecular flexibility index (Phi) is 4.17. The number of sulfonamides is 1. The highest BCUT2D eigenvalue weighted by Crippen LogP contribution is 2.40. The summed E-state index contributed by atoms with van der Waals surface area (Å²) in [6, 6.07) is 10.7. The Hall–Kier alpha value is -2.21. The number of anilines is 1. The summed E-state index contributed by atoms with van der Waals surface area (Å²) in [6.45, 7) is 3.76. The van der Waals surface area contributed by atoms with Gasteiger partial charge in [-0.25, -0.2) is 8.42 Å². The number of methoxy groups -OCH3 is 2. The van der Waals surface area contributed by atoms with E-state index in [9.17, 15) is 8.42 Å². The van der Waals surface area contributed by atoms with Crippen molar-refractivity contribution in [2.24, 2.45) is 0 Å². The molecule has 0 bridgehead atoms. The number of hydrogen-bond acceptors (Lipinski definition) is 4. The summed E-state index contributed by atoms with van der Waals surface area (Å²) in [5.74, 6) is 0.847. The predicted molar refractivity (Wildman–Crippen MR) is 93.6 cm³/mol. The van der Waals surface area contributed by atoms with Crippen LogP contribution in [-0.4, -0.2) is 28.7 Å². The van der Waals surface area contributed by atoms with Crippen LogP contribution in [0, 0.1) is 6.92 Å². The maximum atomic E-state index is 13.4. The number of fused-ring (bicyclic) bond motifs is 1. The van der Waals surface area contributed by atoms with E-state index in [1.54, 1.807) is 6.07 Å². The molecule has 24 heavy (non-hydrogen) atoms. The highest BCUT2D eigenvalue weighted by Gasteiger charge is 2.37. The Balaban J connectivity index is 2.19. The Labute approximate surface area is 142 Å². The van der Waals surface area contributed by atoms with Crippen LogP contribution in [-0.2, 0) is 16.4 Å². The summed E-state index contributed by atoms with van der Waals surface area (Å²) < 4.78 is 38.8. The van der Waals surface area contributed by atoms with Gasteiger partial charge in [0.25, 0.3) is 10.0 Å². The van der Waals surface area contributed by atoms with E-state index in [2.05, 4.69) is 0 Å². The van der Waals surface area contributed by atoms with Crippen LogP contribution >= 0.6 is 0 Å². The van der Waals surface area contributed by atoms with Gasteiger partial charge >= 0.3 is 0 Å². The minimum atomic E-state index is -3.77. The Bertz CT molecular complexity index is 877. The molecule has 0 spiro atoms. The van der Waals surface area contributed by atoms with E-state index in [0.29, 0.717) is 17.9 Å². The van der Waals surface area contributed by atoms with Gasteiger partial charge in [0.1, 0.15) is 16.4 Å². The fourth-order valence-electron chi connectivity index (χ4n) is 3.23. The van der Waals surface area contributed by atoms with Crippen molar-refractivity contribution in [1.29, 1.82) is 0 Å². The van der Waals surface area contributed by atoms with E-state index < -0.39 is 10.0 Å². The molecule has 0 radical (unpaired) electrons. The van der Waals surface area contributed by atoms with E-state index in [1.165, 1.54) is 24.6 Å². The van der Waals surface area contributed by atoms with Crippen molar-refractivity contribution < 1.29 is 17.9 Å². The van der Waals surface area contributed by atoms with Gasteiger partial charge in [-0.15, -0.1) is 0 Å². The molecule has 1 atom stereocenters. The summed E-state index contributed by atoms with van der Waals surface area (Å²) in [6.07, 6.45) is 0.695. The maximum Gasteiger partial charge on any atom is 0.268 e. The summed E-state index contributed by atoms with van der Waals surface area (Å²) in [5.41, 5.74) is 2.58. The van der Waals surface area contributed by atoms with Crippen LogP contribution < -0.4 is 13.8 Å². The zero-order chi connectivity index (χ0) is 17.5. The molecule has 1 heterocycles. The molecule has 128 valence electrons. The molecular weight excluding hydrogens is 326 g/mol. The number of para-hydroxylation sites is 1. The third kappa shape index (κ3) is 2.51. The second kappa shape index (κ2) is 6.02. The van der Waals surface area contributed by atoms with Crippen molar-refractivity contribution in [3.05, 3.63) is 47.5 Å². The lowest BCUT2D eigenvalue weighted by atomic mass is 10.1. The smallest absolute Gasteiger partial charge is 0.268 e. The second-order valence-corrected chi connectivity index (χ2v) is 7.74. The molecule has 1 aliphatic heterocycles. The van der Waals surface area contributed by atoms with E-state index in [4.69, 9.17) is 9.47 Å². The molecule has 2 aromatic rings. The van der Waals surface area contributed by atoms with E-state index in [1.807, 2.05) is 38.1 Å². The molecule has 5 nitrogen and oxygen atoms in total. The zero-order valence-corrected chi connectivity index (χ0v) is 15.1. The minimum absolute atomic E-state index is 0.121. The third-order valence-electron chi connectivity index (χ3n) is 4.36. The standard InChI is InChI=1S/C18H21NO4S/c1-12-9-17(23-4)18(11-16(12)22-3)24(20,21)19-13(2)10-14-7-5-6-8-15(14)19/h5-9,11,13H,10H2,1-4H3. The molecule has 0 N–H and O–H groups in total. The number of ether oxygens (including phenoxy) is 2. The van der Waals surface area contributed by atoms with Crippen molar-refractivity contribution in [2.45, 2.75) is 31.2 Å². The van der Waals surface area contributed by atoms with Crippen LogP contribution in [0.1, 0.15) is 18.1 Å². The van der Waals surface area contributed by atoms with E-state index in [0.717, 1.165) is 16.8 Å². The first-order chi connectivity index (χ1) is 11.4. The number of nitrogens with zero attached hydrogens (tertiary/aromatic N) is 1. The van der Waals surface area contributed by atoms with Gasteiger partial charge in [0, 0.05) is 12.1 Å². The normalized spacial score (nSPS) is 16.8. The van der Waals surface area contributed by atoms with Gasteiger partial charge in [-0.2, -0.15) is 0 Å². The van der Waals surface area contributed by atoms with Crippen LogP contribution in [0.4, 0.5) is 5.69 Å². The molecule has 0 saturated carbocycles. The maximum absolute atomic E-state index is 13.4. The van der Waals surface area contributed by atoms with Crippen molar-refractivity contribution in [3.63, 3.8) is 0 Å². The van der Waals surface area contributed by atoms with Gasteiger partial charge in [0.05, 0.1) is 19.9 Å². The minimum Gasteiger partial charge on any atom is -0.496 e. The molecule has 1 aliphatic rings. The molecular formula is C18H21NO4S. The lowest BCUT2D eigenvalue weighted by Crippen LogP contribution is -2.36. The molecule has 6 heteroatoms. The topological polar surface area (TPSA) is 55.8 Å². The van der Waals surface area contributed by atoms with Crippen molar-refractivity contribution >= 4 is 15.7 Å². The summed E-state index contributed by atoms with van der Waals surface area (Å²) in [4.78, 5) is 0.121. The number of aryl methyl sites for hydroxylation is 1. The van der Waals surface area contributed by atoms with Gasteiger partial charge in [-0.05, 0) is 43.5 Å². The lowest BCUT2D eigenvalue weighted by molar-refractivity contribution is 0.390. The van der Waals surface area contributed by atoms with Crippen LogP contribution in [0.3, 0.4) is 0 Å². The molecule has 3 rings (SSSR count). The molecule has 0 aromatic heterocycles. The SMILES string of the molecule is COc1cc(S(=O)(=O)N2c3ccccc3CC2C)c(OC)cc1C. The first kappa shape index (κ1) is 16.6. The molecule has 0 fully saturated rings. The third-order valence-corrected chi connectivity index (χ3v) is 6.31. The van der Waals surface area contributed by atoms with Gasteiger partial charge < -0.3 is 9.47 Å². The average molecular weight is 347 g/mol. The summed E-state index contributed by atoms with van der Waals surface area (Å²) in [7, 11) is -0.764. The van der Waals surface area contributed by atoms with Crippen molar-refractivity contribution in [3.8, 4) is 11.5 Å². The highest BCUT2D eigenvalue weighted by atomic mass is 32.2. The van der Waals surface area contributed by atoms with Crippen LogP contribution in [0.2, 0.25) is 0 Å². The molecule has 0 saturated heterocycles. The first-order valence-corrected chi connectivity index (χ1v) is 9.19. The van der Waals surface area contributed by atoms with Gasteiger partial charge in [-0.3, -0.25) is 4.31 Å². The second-order valence-electron chi connectivity index (χ2n) is 5.96. The van der Waals surface area contributed by atoms with Gasteiger partial charge in [0.2, 0.25) is 0 Å². The average Bonchev–Trinajstić information content (AvgIpc) is 2.90. The fourth-order valence-corrected chi connectivity index (χ4v) is 5.08. The van der Waals surface area contributed by atoms with Crippen molar-refractivity contribution in [2.75, 3.05) is 18.5 Å². The monoisotopic (exact) mass is 347 g/mol. The number of hydrogen-bond donors (Lipinski definition) is 0. The molecule has 2 aromatic carbocycles. The van der Waals surface area contributed by atoms with Crippen LogP contribution in [0.15, 0.2) is 41.3 Å². The molecule has 0 aliphatic carbocycles. The number of benzene rings is 2. The van der Waals surface area contributed by atoms with E-state index >= 15 is 0 Å². The largest absolute Gasteiger partial charge is 0.496 e. The Morgan fingerprint density at radius 2 is 1.75 bits per heavy atom. The van der Waals surface area contributed by atoms with Crippen LogP contribution in [0.25, 0.3) is 0 Å². The molecule has 0 amide bonds. The van der Waals surface area contributed by atoms with Gasteiger partial charge in [-0.1, -0.05) is 18.2 Å². The van der Waals surface area contributed by atoms with E-state index in [-0.39, 0.29) is 10.9 Å². The predicted octanol–water partition coefficient (Wildman–Crippen LogP) is 3.15. The Morgan fingerprint density at radius 1 is 1.08 bits per heavy atom. The Morgan fingerprint density at radius 3 is 2.42 bits per heavy atom. The quantitative estimate of drug-likeness (QED) is 0.852.